The molecule has 0 aliphatic rings. The van der Waals surface area contributed by atoms with Crippen molar-refractivity contribution in [3.8, 4) is 62.5 Å². The van der Waals surface area contributed by atoms with Crippen molar-refractivity contribution < 1.29 is 4.42 Å². The summed E-state index contributed by atoms with van der Waals surface area (Å²) in [5, 5.41) is 3.03. The molecule has 0 amide bonds. The van der Waals surface area contributed by atoms with Crippen LogP contribution in [0.1, 0.15) is 0 Å². The van der Waals surface area contributed by atoms with E-state index in [4.69, 9.17) is 29.3 Å². The molecule has 0 saturated carbocycles. The third-order valence-corrected chi connectivity index (χ3v) is 10.3. The van der Waals surface area contributed by atoms with E-state index < -0.39 is 0 Å². The SMILES string of the molecule is c1ccc(-c2nc(-c3ccccc3)nc(-c3cccc(-n4c5ccccc5c5c6oc7c(-c8ccccc8)nc(-c8ccccc8)nc7c6ccc54)c3)n2)cc1. The van der Waals surface area contributed by atoms with E-state index >= 15 is 0 Å². The van der Waals surface area contributed by atoms with Gasteiger partial charge in [-0.2, -0.15) is 0 Å². The maximum atomic E-state index is 6.94. The summed E-state index contributed by atoms with van der Waals surface area (Å²) >= 11 is 0. The van der Waals surface area contributed by atoms with Crippen LogP contribution in [0.15, 0.2) is 186 Å². The van der Waals surface area contributed by atoms with Crippen molar-refractivity contribution in [3.05, 3.63) is 182 Å². The molecule has 0 aliphatic carbocycles. The first-order valence-electron chi connectivity index (χ1n) is 18.5. The van der Waals surface area contributed by atoms with Crippen LogP contribution >= 0.6 is 0 Å². The van der Waals surface area contributed by atoms with Crippen LogP contribution in [0.3, 0.4) is 0 Å². The van der Waals surface area contributed by atoms with Crippen LogP contribution in [0.4, 0.5) is 0 Å². The van der Waals surface area contributed by atoms with E-state index in [1.807, 2.05) is 109 Å². The number of benzene rings is 7. The molecule has 0 fully saturated rings. The standard InChI is InChI=1S/C49H30N6O/c1-5-16-31(17-6-1)42-45-43(51-46(50-42)32-18-7-2-8-19-32)38-28-29-40-41(44(38)56-45)37-26-13-14-27-39(37)55(40)36-25-15-24-35(30-36)49-53-47(33-20-9-3-10-21-33)52-48(54-49)34-22-11-4-12-23-34/h1-30H. The van der Waals surface area contributed by atoms with Gasteiger partial charge in [-0.15, -0.1) is 0 Å². The second-order valence-electron chi connectivity index (χ2n) is 13.7. The molecule has 262 valence electrons. The van der Waals surface area contributed by atoms with Gasteiger partial charge in [0.1, 0.15) is 16.8 Å². The Labute approximate surface area is 321 Å². The Hall–Kier alpha value is -7.77. The summed E-state index contributed by atoms with van der Waals surface area (Å²) in [7, 11) is 0. The summed E-state index contributed by atoms with van der Waals surface area (Å²) in [5.74, 6) is 2.50. The van der Waals surface area contributed by atoms with Crippen molar-refractivity contribution in [3.63, 3.8) is 0 Å². The molecule has 0 N–H and O–H groups in total. The number of para-hydroxylation sites is 1. The molecule has 0 atom stereocenters. The number of hydrogen-bond donors (Lipinski definition) is 0. The number of nitrogens with zero attached hydrogens (tertiary/aromatic N) is 6. The maximum absolute atomic E-state index is 6.94. The molecule has 11 aromatic rings. The van der Waals surface area contributed by atoms with E-state index in [-0.39, 0.29) is 0 Å². The van der Waals surface area contributed by atoms with Gasteiger partial charge in [-0.1, -0.05) is 152 Å². The molecule has 7 heteroatoms. The lowest BCUT2D eigenvalue weighted by Gasteiger charge is -2.11. The number of furan rings is 1. The predicted octanol–water partition coefficient (Wildman–Crippen LogP) is 12.0. The van der Waals surface area contributed by atoms with E-state index in [0.29, 0.717) is 28.9 Å². The van der Waals surface area contributed by atoms with Gasteiger partial charge in [-0.25, -0.2) is 24.9 Å². The van der Waals surface area contributed by atoms with Crippen molar-refractivity contribution in [2.45, 2.75) is 0 Å². The van der Waals surface area contributed by atoms with Crippen molar-refractivity contribution in [1.29, 1.82) is 0 Å². The summed E-state index contributed by atoms with van der Waals surface area (Å²) in [5.41, 5.74) is 10.7. The van der Waals surface area contributed by atoms with Crippen molar-refractivity contribution in [2.75, 3.05) is 0 Å². The lowest BCUT2D eigenvalue weighted by Crippen LogP contribution is -2.01. The molecule has 11 rings (SSSR count). The van der Waals surface area contributed by atoms with E-state index in [1.165, 1.54) is 0 Å². The first-order valence-corrected chi connectivity index (χ1v) is 18.5. The minimum absolute atomic E-state index is 0.598. The van der Waals surface area contributed by atoms with Crippen LogP contribution in [0.2, 0.25) is 0 Å². The van der Waals surface area contributed by atoms with Crippen LogP contribution in [0.5, 0.6) is 0 Å². The number of fused-ring (bicyclic) bond motifs is 7. The van der Waals surface area contributed by atoms with Gasteiger partial charge in [-0.3, -0.25) is 0 Å². The maximum Gasteiger partial charge on any atom is 0.180 e. The fraction of sp³-hybridized carbons (Fsp3) is 0. The highest BCUT2D eigenvalue weighted by Crippen LogP contribution is 2.43. The fourth-order valence-corrected chi connectivity index (χ4v) is 7.66. The van der Waals surface area contributed by atoms with Crippen molar-refractivity contribution in [1.82, 2.24) is 29.5 Å². The van der Waals surface area contributed by atoms with Crippen molar-refractivity contribution in [2.24, 2.45) is 0 Å². The lowest BCUT2D eigenvalue weighted by atomic mass is 10.1. The summed E-state index contributed by atoms with van der Waals surface area (Å²) in [6, 6.07) is 61.6. The van der Waals surface area contributed by atoms with Gasteiger partial charge in [0, 0.05) is 44.3 Å². The summed E-state index contributed by atoms with van der Waals surface area (Å²) in [6.07, 6.45) is 0. The van der Waals surface area contributed by atoms with Crippen LogP contribution in [-0.2, 0) is 0 Å². The van der Waals surface area contributed by atoms with Gasteiger partial charge in [0.2, 0.25) is 0 Å². The van der Waals surface area contributed by atoms with Crippen LogP contribution < -0.4 is 0 Å². The zero-order chi connectivity index (χ0) is 37.0. The molecule has 0 saturated heterocycles. The largest absolute Gasteiger partial charge is 0.451 e. The molecule has 4 aromatic heterocycles. The van der Waals surface area contributed by atoms with Gasteiger partial charge in [-0.05, 0) is 30.3 Å². The van der Waals surface area contributed by atoms with Gasteiger partial charge in [0.15, 0.2) is 28.9 Å². The molecule has 0 radical (unpaired) electrons. The second kappa shape index (κ2) is 13.0. The number of aromatic nitrogens is 6. The summed E-state index contributed by atoms with van der Waals surface area (Å²) < 4.78 is 9.23. The Balaban J connectivity index is 1.13. The molecule has 0 spiro atoms. The van der Waals surface area contributed by atoms with Gasteiger partial charge in [0.05, 0.1) is 16.4 Å². The molecule has 7 nitrogen and oxygen atoms in total. The summed E-state index contributed by atoms with van der Waals surface area (Å²) in [4.78, 5) is 25.2. The highest BCUT2D eigenvalue weighted by Gasteiger charge is 2.23. The molecule has 7 aromatic carbocycles. The number of rotatable bonds is 6. The zero-order valence-electron chi connectivity index (χ0n) is 29.9. The molecular formula is C49H30N6O. The van der Waals surface area contributed by atoms with Crippen LogP contribution in [0.25, 0.3) is 106 Å². The first-order chi connectivity index (χ1) is 27.8. The molecule has 0 bridgehead atoms. The third kappa shape index (κ3) is 5.25. The Morgan fingerprint density at radius 3 is 1.50 bits per heavy atom. The molecule has 56 heavy (non-hydrogen) atoms. The molecular weight excluding hydrogens is 689 g/mol. The Morgan fingerprint density at radius 1 is 0.357 bits per heavy atom. The average molecular weight is 719 g/mol. The smallest absolute Gasteiger partial charge is 0.180 e. The predicted molar refractivity (Wildman–Crippen MR) is 224 cm³/mol. The minimum Gasteiger partial charge on any atom is -0.451 e. The Morgan fingerprint density at radius 2 is 0.875 bits per heavy atom. The molecule has 0 aliphatic heterocycles. The summed E-state index contributed by atoms with van der Waals surface area (Å²) in [6.45, 7) is 0. The van der Waals surface area contributed by atoms with Crippen LogP contribution in [-0.4, -0.2) is 29.5 Å². The van der Waals surface area contributed by atoms with Gasteiger partial charge in [0.25, 0.3) is 0 Å². The van der Waals surface area contributed by atoms with Crippen LogP contribution in [0, 0.1) is 0 Å². The number of hydrogen-bond acceptors (Lipinski definition) is 6. The van der Waals surface area contributed by atoms with E-state index in [1.54, 1.807) is 0 Å². The van der Waals surface area contributed by atoms with E-state index in [0.717, 1.165) is 77.5 Å². The monoisotopic (exact) mass is 718 g/mol. The van der Waals surface area contributed by atoms with Crippen molar-refractivity contribution >= 4 is 43.9 Å². The second-order valence-corrected chi connectivity index (χ2v) is 13.7. The zero-order valence-corrected chi connectivity index (χ0v) is 29.9. The van der Waals surface area contributed by atoms with Gasteiger partial charge < -0.3 is 8.98 Å². The highest BCUT2D eigenvalue weighted by molar-refractivity contribution is 6.24. The third-order valence-electron chi connectivity index (χ3n) is 10.3. The Bertz CT molecular complexity index is 3170. The molecule has 0 unspecified atom stereocenters. The first kappa shape index (κ1) is 31.7. The average Bonchev–Trinajstić information content (AvgIpc) is 3.83. The Kier molecular flexibility index (Phi) is 7.35. The minimum atomic E-state index is 0.598. The lowest BCUT2D eigenvalue weighted by molar-refractivity contribution is 0.671. The highest BCUT2D eigenvalue weighted by atomic mass is 16.3. The fourth-order valence-electron chi connectivity index (χ4n) is 7.66. The van der Waals surface area contributed by atoms with E-state index in [2.05, 4.69) is 77.4 Å². The molecule has 4 heterocycles. The normalized spacial score (nSPS) is 11.6. The van der Waals surface area contributed by atoms with Gasteiger partial charge >= 0.3 is 0 Å². The quantitative estimate of drug-likeness (QED) is 0.170. The topological polar surface area (TPSA) is 82.5 Å². The van der Waals surface area contributed by atoms with E-state index in [9.17, 15) is 0 Å².